The van der Waals surface area contributed by atoms with Gasteiger partial charge in [-0.3, -0.25) is 4.79 Å². The van der Waals surface area contributed by atoms with E-state index in [-0.39, 0.29) is 5.69 Å². The molecule has 106 valence electrons. The van der Waals surface area contributed by atoms with Crippen LogP contribution in [0.15, 0.2) is 24.3 Å². The molecule has 0 fully saturated rings. The summed E-state index contributed by atoms with van der Waals surface area (Å²) < 4.78 is 41.4. The van der Waals surface area contributed by atoms with Crippen molar-refractivity contribution in [3.8, 4) is 5.75 Å². The summed E-state index contributed by atoms with van der Waals surface area (Å²) in [4.78, 5) is 10.7. The van der Waals surface area contributed by atoms with Crippen molar-refractivity contribution in [2.45, 2.75) is 32.4 Å². The first kappa shape index (κ1) is 15.3. The lowest BCUT2D eigenvalue weighted by molar-refractivity contribution is -0.167. The fraction of sp³-hybridized carbons (Fsp3) is 0.462. The molecule has 0 heterocycles. The van der Waals surface area contributed by atoms with Crippen molar-refractivity contribution in [2.75, 3.05) is 11.9 Å². The number of hydrogen-bond donors (Lipinski definition) is 1. The van der Waals surface area contributed by atoms with Crippen molar-refractivity contribution in [1.29, 1.82) is 0 Å². The molecule has 0 aliphatic carbocycles. The minimum absolute atomic E-state index is 0.0863. The Morgan fingerprint density at radius 3 is 2.37 bits per heavy atom. The Hall–Kier alpha value is -1.72. The number of amides is 1. The van der Waals surface area contributed by atoms with Gasteiger partial charge in [0.2, 0.25) is 0 Å². The minimum Gasteiger partial charge on any atom is -0.494 e. The molecule has 0 saturated carbocycles. The lowest BCUT2D eigenvalue weighted by Gasteiger charge is -2.09. The second kappa shape index (κ2) is 7.01. The fourth-order valence-corrected chi connectivity index (χ4v) is 1.38. The second-order valence-electron chi connectivity index (χ2n) is 4.03. The summed E-state index contributed by atoms with van der Waals surface area (Å²) in [6.07, 6.45) is -1.79. The molecule has 0 aliphatic heterocycles. The first-order chi connectivity index (χ1) is 8.93. The summed E-state index contributed by atoms with van der Waals surface area (Å²) in [6.45, 7) is 2.65. The van der Waals surface area contributed by atoms with Crippen LogP contribution < -0.4 is 10.1 Å². The van der Waals surface area contributed by atoms with Crippen molar-refractivity contribution in [3.63, 3.8) is 0 Å². The maximum absolute atomic E-state index is 12.0. The smallest absolute Gasteiger partial charge is 0.471 e. The van der Waals surface area contributed by atoms with Gasteiger partial charge < -0.3 is 10.1 Å². The Labute approximate surface area is 109 Å². The van der Waals surface area contributed by atoms with Crippen LogP contribution in [-0.4, -0.2) is 18.7 Å². The van der Waals surface area contributed by atoms with E-state index in [1.165, 1.54) is 24.3 Å². The molecule has 1 aromatic carbocycles. The van der Waals surface area contributed by atoms with E-state index in [0.29, 0.717) is 12.4 Å². The highest BCUT2D eigenvalue weighted by atomic mass is 19.4. The van der Waals surface area contributed by atoms with E-state index in [9.17, 15) is 18.0 Å². The topological polar surface area (TPSA) is 38.3 Å². The van der Waals surface area contributed by atoms with Gasteiger partial charge in [-0.25, -0.2) is 0 Å². The number of anilines is 1. The Kier molecular flexibility index (Phi) is 5.66. The molecular weight excluding hydrogens is 259 g/mol. The lowest BCUT2D eigenvalue weighted by atomic mass is 10.2. The number of benzene rings is 1. The van der Waals surface area contributed by atoms with Crippen molar-refractivity contribution in [1.82, 2.24) is 0 Å². The Morgan fingerprint density at radius 1 is 1.21 bits per heavy atom. The first-order valence-corrected chi connectivity index (χ1v) is 6.04. The molecule has 0 unspecified atom stereocenters. The summed E-state index contributed by atoms with van der Waals surface area (Å²) in [7, 11) is 0. The molecular formula is C13H16F3NO2. The molecule has 3 nitrogen and oxygen atoms in total. The molecule has 0 radical (unpaired) electrons. The van der Waals surface area contributed by atoms with Gasteiger partial charge in [-0.05, 0) is 30.7 Å². The molecule has 0 saturated heterocycles. The van der Waals surface area contributed by atoms with E-state index in [1.807, 2.05) is 0 Å². The van der Waals surface area contributed by atoms with E-state index in [2.05, 4.69) is 6.92 Å². The normalized spacial score (nSPS) is 11.2. The Morgan fingerprint density at radius 2 is 1.84 bits per heavy atom. The zero-order valence-corrected chi connectivity index (χ0v) is 10.6. The highest BCUT2D eigenvalue weighted by Gasteiger charge is 2.38. The first-order valence-electron chi connectivity index (χ1n) is 6.04. The van der Waals surface area contributed by atoms with Gasteiger partial charge in [-0.15, -0.1) is 0 Å². The quantitative estimate of drug-likeness (QED) is 0.803. The number of carbonyl (C=O) groups excluding carboxylic acids is 1. The molecule has 0 bridgehead atoms. The van der Waals surface area contributed by atoms with Crippen LogP contribution in [-0.2, 0) is 4.79 Å². The average Bonchev–Trinajstić information content (AvgIpc) is 2.35. The largest absolute Gasteiger partial charge is 0.494 e. The molecule has 0 aliphatic rings. The maximum atomic E-state index is 12.0. The summed E-state index contributed by atoms with van der Waals surface area (Å²) >= 11 is 0. The van der Waals surface area contributed by atoms with Crippen LogP contribution in [0.5, 0.6) is 5.75 Å². The van der Waals surface area contributed by atoms with Crippen molar-refractivity contribution in [2.24, 2.45) is 0 Å². The monoisotopic (exact) mass is 275 g/mol. The van der Waals surface area contributed by atoms with Crippen molar-refractivity contribution in [3.05, 3.63) is 24.3 Å². The number of ether oxygens (including phenoxy) is 1. The van der Waals surface area contributed by atoms with E-state index in [1.54, 1.807) is 5.32 Å². The summed E-state index contributed by atoms with van der Waals surface area (Å²) in [6, 6.07) is 5.80. The third-order valence-corrected chi connectivity index (χ3v) is 2.39. The van der Waals surface area contributed by atoms with Crippen LogP contribution in [0, 0.1) is 0 Å². The van der Waals surface area contributed by atoms with Crippen molar-refractivity contribution >= 4 is 11.6 Å². The van der Waals surface area contributed by atoms with E-state index in [0.717, 1.165) is 19.3 Å². The number of carbonyl (C=O) groups is 1. The fourth-order valence-electron chi connectivity index (χ4n) is 1.38. The average molecular weight is 275 g/mol. The van der Waals surface area contributed by atoms with E-state index >= 15 is 0 Å². The van der Waals surface area contributed by atoms with Gasteiger partial charge in [0, 0.05) is 5.69 Å². The van der Waals surface area contributed by atoms with Gasteiger partial charge in [-0.1, -0.05) is 19.8 Å². The summed E-state index contributed by atoms with van der Waals surface area (Å²) in [5, 5.41) is 1.77. The van der Waals surface area contributed by atoms with Crippen LogP contribution in [0.1, 0.15) is 26.2 Å². The third kappa shape index (κ3) is 5.63. The van der Waals surface area contributed by atoms with E-state index < -0.39 is 12.1 Å². The molecule has 1 aromatic rings. The van der Waals surface area contributed by atoms with Gasteiger partial charge in [-0.2, -0.15) is 13.2 Å². The van der Waals surface area contributed by atoms with Crippen molar-refractivity contribution < 1.29 is 22.7 Å². The number of hydrogen-bond acceptors (Lipinski definition) is 2. The van der Waals surface area contributed by atoms with Gasteiger partial charge >= 0.3 is 12.1 Å². The highest BCUT2D eigenvalue weighted by Crippen LogP contribution is 2.20. The molecule has 1 N–H and O–H groups in total. The zero-order chi connectivity index (χ0) is 14.3. The molecule has 19 heavy (non-hydrogen) atoms. The molecule has 1 amide bonds. The predicted octanol–water partition coefficient (Wildman–Crippen LogP) is 3.76. The molecule has 0 spiro atoms. The number of alkyl halides is 3. The Balaban J connectivity index is 2.45. The predicted molar refractivity (Wildman–Crippen MR) is 66.1 cm³/mol. The van der Waals surface area contributed by atoms with Gasteiger partial charge in [0.1, 0.15) is 5.75 Å². The minimum atomic E-state index is -4.88. The van der Waals surface area contributed by atoms with Crippen LogP contribution >= 0.6 is 0 Å². The molecule has 0 aromatic heterocycles. The SMILES string of the molecule is CCCCCOc1ccc(NC(=O)C(F)(F)F)cc1. The highest BCUT2D eigenvalue weighted by molar-refractivity contribution is 5.94. The summed E-state index contributed by atoms with van der Waals surface area (Å²) in [5.41, 5.74) is 0.0863. The Bertz CT molecular complexity index is 401. The van der Waals surface area contributed by atoms with Gasteiger partial charge in [0.25, 0.3) is 0 Å². The third-order valence-electron chi connectivity index (χ3n) is 2.39. The summed E-state index contributed by atoms with van der Waals surface area (Å²) in [5.74, 6) is -1.41. The standard InChI is InChI=1S/C13H16F3NO2/c1-2-3-4-9-19-11-7-5-10(6-8-11)17-12(18)13(14,15)16/h5-8H,2-4,9H2,1H3,(H,17,18). The molecule has 0 atom stereocenters. The van der Waals surface area contributed by atoms with E-state index in [4.69, 9.17) is 4.74 Å². The molecule has 6 heteroatoms. The van der Waals surface area contributed by atoms with Crippen LogP contribution in [0.4, 0.5) is 18.9 Å². The second-order valence-corrected chi connectivity index (χ2v) is 4.03. The number of rotatable bonds is 6. The number of halogens is 3. The number of unbranched alkanes of at least 4 members (excludes halogenated alkanes) is 2. The van der Waals surface area contributed by atoms with Crippen LogP contribution in [0.2, 0.25) is 0 Å². The van der Waals surface area contributed by atoms with Crippen LogP contribution in [0.3, 0.4) is 0 Å². The maximum Gasteiger partial charge on any atom is 0.471 e. The van der Waals surface area contributed by atoms with Gasteiger partial charge in [0.05, 0.1) is 6.61 Å². The zero-order valence-electron chi connectivity index (χ0n) is 10.6. The lowest BCUT2D eigenvalue weighted by Crippen LogP contribution is -2.29. The van der Waals surface area contributed by atoms with Gasteiger partial charge in [0.15, 0.2) is 0 Å². The van der Waals surface area contributed by atoms with Crippen LogP contribution in [0.25, 0.3) is 0 Å². The molecule has 1 rings (SSSR count). The number of nitrogens with one attached hydrogen (secondary N) is 1.